The lowest BCUT2D eigenvalue weighted by molar-refractivity contribution is -0.115. The van der Waals surface area contributed by atoms with E-state index in [9.17, 15) is 4.79 Å². The van der Waals surface area contributed by atoms with Gasteiger partial charge in [0.15, 0.2) is 0 Å². The monoisotopic (exact) mass is 467 g/mol. The Bertz CT molecular complexity index is 1420. The summed E-state index contributed by atoms with van der Waals surface area (Å²) in [6.45, 7) is 14.2. The molecule has 0 unspecified atom stereocenters. The molecule has 35 heavy (non-hydrogen) atoms. The van der Waals surface area contributed by atoms with Gasteiger partial charge in [-0.25, -0.2) is 4.98 Å². The third-order valence-corrected chi connectivity index (χ3v) is 6.29. The molecule has 180 valence electrons. The van der Waals surface area contributed by atoms with Gasteiger partial charge in [-0.2, -0.15) is 5.10 Å². The van der Waals surface area contributed by atoms with E-state index in [0.29, 0.717) is 0 Å². The lowest BCUT2D eigenvalue weighted by atomic mass is 9.89. The van der Waals surface area contributed by atoms with Crippen LogP contribution in [0.3, 0.4) is 0 Å². The number of fused-ring (bicyclic) bond motifs is 1. The summed E-state index contributed by atoms with van der Waals surface area (Å²) in [5.74, 6) is -0.139. The Balaban J connectivity index is 1.83. The highest BCUT2D eigenvalue weighted by molar-refractivity contribution is 5.95. The van der Waals surface area contributed by atoms with Gasteiger partial charge in [-0.15, -0.1) is 0 Å². The van der Waals surface area contributed by atoms with Gasteiger partial charge in [0, 0.05) is 29.0 Å². The molecule has 6 nitrogen and oxygen atoms in total. The largest absolute Gasteiger partial charge is 0.321 e. The highest BCUT2D eigenvalue weighted by atomic mass is 16.1. The molecule has 1 amide bonds. The van der Waals surface area contributed by atoms with Gasteiger partial charge in [-0.3, -0.25) is 14.3 Å². The van der Waals surface area contributed by atoms with Crippen LogP contribution in [-0.4, -0.2) is 25.5 Å². The van der Waals surface area contributed by atoms with Crippen LogP contribution >= 0.6 is 0 Å². The number of hydrogen-bond donors (Lipinski definition) is 2. The van der Waals surface area contributed by atoms with Crippen molar-refractivity contribution < 1.29 is 4.79 Å². The van der Waals surface area contributed by atoms with Crippen molar-refractivity contribution in [3.8, 4) is 11.1 Å². The molecule has 6 heteroatoms. The molecule has 4 rings (SSSR count). The number of carbonyl (C=O) groups is 1. The number of amides is 1. The maximum atomic E-state index is 12.6. The van der Waals surface area contributed by atoms with Crippen molar-refractivity contribution in [2.75, 3.05) is 0 Å². The smallest absolute Gasteiger partial charge is 0.248 e. The van der Waals surface area contributed by atoms with E-state index in [1.165, 1.54) is 5.57 Å². The highest BCUT2D eigenvalue weighted by Crippen LogP contribution is 2.36. The molecular formula is C29H33N5O. The molecule has 1 aliphatic carbocycles. The van der Waals surface area contributed by atoms with E-state index in [0.717, 1.165) is 75.4 Å². The minimum absolute atomic E-state index is 0.139. The van der Waals surface area contributed by atoms with Crippen LogP contribution in [0, 0.1) is 0 Å². The first kappa shape index (κ1) is 24.2. The number of hydrogen-bond acceptors (Lipinski definition) is 3. The van der Waals surface area contributed by atoms with Crippen molar-refractivity contribution in [2.24, 2.45) is 0 Å². The van der Waals surface area contributed by atoms with Crippen LogP contribution in [0.4, 0.5) is 0 Å². The van der Waals surface area contributed by atoms with Crippen molar-refractivity contribution in [3.05, 3.63) is 89.2 Å². The number of pyridine rings is 1. The van der Waals surface area contributed by atoms with E-state index in [2.05, 4.69) is 65.3 Å². The normalized spacial score (nSPS) is 14.2. The fourth-order valence-corrected chi connectivity index (χ4v) is 4.36. The number of imidazole rings is 1. The van der Waals surface area contributed by atoms with Crippen LogP contribution in [0.15, 0.2) is 77.8 Å². The molecule has 0 saturated heterocycles. The summed E-state index contributed by atoms with van der Waals surface area (Å²) in [6.07, 6.45) is 14.5. The van der Waals surface area contributed by atoms with Crippen molar-refractivity contribution in [1.29, 1.82) is 0 Å². The summed E-state index contributed by atoms with van der Waals surface area (Å²) >= 11 is 0. The summed E-state index contributed by atoms with van der Waals surface area (Å²) in [5, 5.41) is 10.7. The first-order valence-corrected chi connectivity index (χ1v) is 12.0. The Hall–Kier alpha value is -3.93. The maximum absolute atomic E-state index is 12.6. The Labute approximate surface area is 206 Å². The van der Waals surface area contributed by atoms with Gasteiger partial charge < -0.3 is 5.32 Å². The second-order valence-corrected chi connectivity index (χ2v) is 9.28. The molecule has 0 aliphatic heterocycles. The quantitative estimate of drug-likeness (QED) is 0.383. The first-order valence-electron chi connectivity index (χ1n) is 12.0. The fraction of sp³-hybridized carbons (Fsp3) is 0.276. The molecule has 0 aromatic carbocycles. The predicted molar refractivity (Wildman–Crippen MR) is 143 cm³/mol. The first-order chi connectivity index (χ1) is 16.8. The average Bonchev–Trinajstić information content (AvgIpc) is 3.48. The lowest BCUT2D eigenvalue weighted by Crippen LogP contribution is -2.22. The number of nitrogens with one attached hydrogen (secondary N) is 2. The number of aromatic nitrogens is 4. The van der Waals surface area contributed by atoms with Gasteiger partial charge in [-0.05, 0) is 70.2 Å². The zero-order valence-electron chi connectivity index (χ0n) is 21.2. The number of H-pyrrole nitrogens is 1. The molecular weight excluding hydrogens is 434 g/mol. The van der Waals surface area contributed by atoms with E-state index in [-0.39, 0.29) is 5.91 Å². The molecule has 2 N–H and O–H groups in total. The molecule has 0 bridgehead atoms. The topological polar surface area (TPSA) is 75.1 Å². The number of carbonyl (C=O) groups excluding carboxylic acids is 1. The highest BCUT2D eigenvalue weighted by Gasteiger charge is 2.19. The summed E-state index contributed by atoms with van der Waals surface area (Å²) < 4.78 is 2.04. The molecule has 0 fully saturated rings. The molecule has 0 spiro atoms. The molecule has 0 atom stereocenters. The van der Waals surface area contributed by atoms with Gasteiger partial charge in [-0.1, -0.05) is 36.8 Å². The minimum Gasteiger partial charge on any atom is -0.321 e. The fourth-order valence-electron chi connectivity index (χ4n) is 4.36. The van der Waals surface area contributed by atoms with Crippen LogP contribution in [0.2, 0.25) is 0 Å². The third kappa shape index (κ3) is 4.97. The number of aromatic amines is 1. The maximum Gasteiger partial charge on any atom is 0.248 e. The second kappa shape index (κ2) is 10.1. The van der Waals surface area contributed by atoms with Crippen molar-refractivity contribution in [3.63, 3.8) is 0 Å². The van der Waals surface area contributed by atoms with Crippen LogP contribution in [0.25, 0.3) is 28.0 Å². The molecule has 3 aromatic heterocycles. The van der Waals surface area contributed by atoms with E-state index in [1.54, 1.807) is 6.08 Å². The number of rotatable bonds is 7. The van der Waals surface area contributed by atoms with Crippen LogP contribution in [0.1, 0.15) is 65.3 Å². The van der Waals surface area contributed by atoms with Crippen LogP contribution < -0.4 is 5.32 Å². The average molecular weight is 468 g/mol. The zero-order chi connectivity index (χ0) is 25.1. The van der Waals surface area contributed by atoms with Crippen LogP contribution in [0.5, 0.6) is 0 Å². The Morgan fingerprint density at radius 3 is 2.74 bits per heavy atom. The van der Waals surface area contributed by atoms with Gasteiger partial charge in [0.25, 0.3) is 0 Å². The van der Waals surface area contributed by atoms with Gasteiger partial charge in [0.2, 0.25) is 5.91 Å². The van der Waals surface area contributed by atoms with E-state index < -0.39 is 0 Å². The van der Waals surface area contributed by atoms with Crippen molar-refractivity contribution >= 4 is 22.8 Å². The minimum atomic E-state index is -0.139. The molecule has 3 heterocycles. The summed E-state index contributed by atoms with van der Waals surface area (Å²) in [4.78, 5) is 17.2. The molecule has 0 radical (unpaired) electrons. The summed E-state index contributed by atoms with van der Waals surface area (Å²) in [5.41, 5.74) is 11.0. The lowest BCUT2D eigenvalue weighted by Gasteiger charge is -2.17. The standard InChI is InChI=1S/C29H33N5O/c1-7-20(6)28(32-27(35)14-18(2)3)25-16-30-26-13-12-21(17-34(25)26)24-15-31-33-29(24)23-11-9-8-10-22(23)19(4)5/h9,11-17H,4,7-8,10H2,1-3,5-6H3,(H,31,33)(H,32,35)/b28-20+. The predicted octanol–water partition coefficient (Wildman–Crippen LogP) is 6.63. The molecule has 1 aliphatic rings. The molecule has 0 saturated carbocycles. The van der Waals surface area contributed by atoms with Gasteiger partial charge in [0.05, 0.1) is 29.5 Å². The number of nitrogens with zero attached hydrogens (tertiary/aromatic N) is 3. The Morgan fingerprint density at radius 2 is 2.03 bits per heavy atom. The summed E-state index contributed by atoms with van der Waals surface area (Å²) in [7, 11) is 0. The van der Waals surface area contributed by atoms with Gasteiger partial charge >= 0.3 is 0 Å². The Kier molecular flexibility index (Phi) is 7.01. The van der Waals surface area contributed by atoms with E-state index in [1.807, 2.05) is 43.6 Å². The third-order valence-electron chi connectivity index (χ3n) is 6.29. The second-order valence-electron chi connectivity index (χ2n) is 9.28. The van der Waals surface area contributed by atoms with Crippen LogP contribution in [-0.2, 0) is 4.79 Å². The van der Waals surface area contributed by atoms with Gasteiger partial charge in [0.1, 0.15) is 5.65 Å². The summed E-state index contributed by atoms with van der Waals surface area (Å²) in [6, 6.07) is 4.06. The SMILES string of the molecule is C=C(C)C1=C(c2[nH]ncc2-c2ccc3ncc(/C(NC(=O)C=C(C)C)=C(/C)CC)n3c2)C=CCC1. The Morgan fingerprint density at radius 1 is 1.23 bits per heavy atom. The van der Waals surface area contributed by atoms with Crippen molar-refractivity contribution in [1.82, 2.24) is 24.9 Å². The molecule has 3 aromatic rings. The zero-order valence-corrected chi connectivity index (χ0v) is 21.2. The van der Waals surface area contributed by atoms with Crippen molar-refractivity contribution in [2.45, 2.75) is 53.9 Å². The van der Waals surface area contributed by atoms with E-state index >= 15 is 0 Å². The number of allylic oxidation sites excluding steroid dienone is 7. The van der Waals surface area contributed by atoms with E-state index in [4.69, 9.17) is 0 Å².